The van der Waals surface area contributed by atoms with Gasteiger partial charge in [0.05, 0.1) is 0 Å². The SMILES string of the molecule is c1ccc2c(c1)ccc1cc3c4c(ccc3cc12)O4. The molecule has 0 unspecified atom stereocenters. The molecule has 0 bridgehead atoms. The first-order valence-electron chi connectivity index (χ1n) is 6.46. The lowest BCUT2D eigenvalue weighted by Gasteiger charge is -2.05. The molecular weight excluding hydrogens is 232 g/mol. The van der Waals surface area contributed by atoms with Gasteiger partial charge in [-0.2, -0.15) is 0 Å². The van der Waals surface area contributed by atoms with Crippen molar-refractivity contribution in [3.63, 3.8) is 0 Å². The van der Waals surface area contributed by atoms with Crippen LogP contribution in [0.2, 0.25) is 0 Å². The smallest absolute Gasteiger partial charge is 0.177 e. The molecule has 0 fully saturated rings. The lowest BCUT2D eigenvalue weighted by atomic mass is 9.98. The van der Waals surface area contributed by atoms with E-state index in [2.05, 4.69) is 60.7 Å². The average Bonchev–Trinajstić information content (AvgIpc) is 3.25. The van der Waals surface area contributed by atoms with Crippen molar-refractivity contribution in [2.75, 3.05) is 0 Å². The molecule has 1 aliphatic rings. The second kappa shape index (κ2) is 3.07. The van der Waals surface area contributed by atoms with Gasteiger partial charge >= 0.3 is 0 Å². The van der Waals surface area contributed by atoms with Gasteiger partial charge in [-0.3, -0.25) is 0 Å². The standard InChI is InChI=1S/C18H10O/c1-2-4-14-11(3-1)5-6-12-10-16-13(9-15(12)14)7-8-17-18(16)19-17/h1-10H. The molecule has 19 heavy (non-hydrogen) atoms. The molecule has 1 aliphatic heterocycles. The molecule has 0 radical (unpaired) electrons. The molecule has 0 atom stereocenters. The number of fused-ring (bicyclic) bond motifs is 6. The van der Waals surface area contributed by atoms with Gasteiger partial charge in [-0.1, -0.05) is 42.5 Å². The first kappa shape index (κ1) is 9.40. The fraction of sp³-hybridized carbons (Fsp3) is 0. The van der Waals surface area contributed by atoms with E-state index in [1.54, 1.807) is 0 Å². The summed E-state index contributed by atoms with van der Waals surface area (Å²) in [7, 11) is 0. The van der Waals surface area contributed by atoms with Crippen molar-refractivity contribution in [2.24, 2.45) is 0 Å². The molecule has 0 saturated heterocycles. The molecule has 1 nitrogen and oxygen atoms in total. The molecule has 0 aliphatic carbocycles. The monoisotopic (exact) mass is 242 g/mol. The molecule has 5 rings (SSSR count). The van der Waals surface area contributed by atoms with Crippen LogP contribution >= 0.6 is 0 Å². The van der Waals surface area contributed by atoms with E-state index < -0.39 is 0 Å². The van der Waals surface area contributed by atoms with Crippen LogP contribution in [0.15, 0.2) is 60.7 Å². The van der Waals surface area contributed by atoms with E-state index in [0.717, 1.165) is 11.5 Å². The Bertz CT molecular complexity index is 983. The van der Waals surface area contributed by atoms with Crippen LogP contribution in [0.4, 0.5) is 0 Å². The van der Waals surface area contributed by atoms with Crippen LogP contribution in [0.25, 0.3) is 32.3 Å². The lowest BCUT2D eigenvalue weighted by molar-refractivity contribution is 0.653. The number of hydrogen-bond acceptors (Lipinski definition) is 1. The Kier molecular flexibility index (Phi) is 1.52. The predicted molar refractivity (Wildman–Crippen MR) is 79.0 cm³/mol. The third-order valence-electron chi connectivity index (χ3n) is 3.97. The van der Waals surface area contributed by atoms with Gasteiger partial charge in [0.25, 0.3) is 0 Å². The molecule has 0 amide bonds. The highest BCUT2D eigenvalue weighted by Crippen LogP contribution is 2.51. The maximum atomic E-state index is 5.49. The fourth-order valence-corrected chi connectivity index (χ4v) is 2.95. The molecular formula is C18H10O. The quantitative estimate of drug-likeness (QED) is 0.205. The van der Waals surface area contributed by atoms with E-state index >= 15 is 0 Å². The normalized spacial score (nSPS) is 12.6. The molecule has 0 saturated carbocycles. The van der Waals surface area contributed by atoms with E-state index in [4.69, 9.17) is 4.74 Å². The van der Waals surface area contributed by atoms with Crippen LogP contribution in [-0.4, -0.2) is 0 Å². The minimum atomic E-state index is 1.02. The highest BCUT2D eigenvalue weighted by Gasteiger charge is 2.22. The first-order valence-corrected chi connectivity index (χ1v) is 6.46. The highest BCUT2D eigenvalue weighted by molar-refractivity contribution is 6.13. The summed E-state index contributed by atoms with van der Waals surface area (Å²) in [6.07, 6.45) is 0. The number of hydrogen-bond donors (Lipinski definition) is 0. The summed E-state index contributed by atoms with van der Waals surface area (Å²) < 4.78 is 5.49. The molecule has 0 spiro atoms. The van der Waals surface area contributed by atoms with Crippen molar-refractivity contribution in [3.8, 4) is 11.5 Å². The van der Waals surface area contributed by atoms with Gasteiger partial charge in [-0.15, -0.1) is 0 Å². The van der Waals surface area contributed by atoms with Crippen molar-refractivity contribution in [1.82, 2.24) is 0 Å². The summed E-state index contributed by atoms with van der Waals surface area (Å²) in [4.78, 5) is 0. The first-order chi connectivity index (χ1) is 9.40. The van der Waals surface area contributed by atoms with Gasteiger partial charge in [0, 0.05) is 5.39 Å². The number of ether oxygens (including phenoxy) is 1. The van der Waals surface area contributed by atoms with Crippen LogP contribution in [0.5, 0.6) is 11.5 Å². The maximum Gasteiger partial charge on any atom is 0.177 e. The second-order valence-electron chi connectivity index (χ2n) is 5.08. The molecule has 0 aromatic heterocycles. The van der Waals surface area contributed by atoms with E-state index in [9.17, 15) is 0 Å². The van der Waals surface area contributed by atoms with Gasteiger partial charge in [-0.25, -0.2) is 0 Å². The third-order valence-corrected chi connectivity index (χ3v) is 3.97. The Morgan fingerprint density at radius 3 is 2.32 bits per heavy atom. The van der Waals surface area contributed by atoms with Crippen LogP contribution in [-0.2, 0) is 0 Å². The van der Waals surface area contributed by atoms with Crippen molar-refractivity contribution >= 4 is 32.3 Å². The number of rotatable bonds is 0. The van der Waals surface area contributed by atoms with E-state index in [1.807, 2.05) is 0 Å². The minimum absolute atomic E-state index is 1.02. The summed E-state index contributed by atoms with van der Waals surface area (Å²) in [5.74, 6) is 2.07. The van der Waals surface area contributed by atoms with Crippen LogP contribution in [0.3, 0.4) is 0 Å². The van der Waals surface area contributed by atoms with Gasteiger partial charge in [0.15, 0.2) is 11.5 Å². The van der Waals surface area contributed by atoms with Gasteiger partial charge < -0.3 is 4.74 Å². The Morgan fingerprint density at radius 2 is 1.32 bits per heavy atom. The molecule has 4 aromatic carbocycles. The number of benzene rings is 4. The Morgan fingerprint density at radius 1 is 0.579 bits per heavy atom. The van der Waals surface area contributed by atoms with E-state index in [-0.39, 0.29) is 0 Å². The maximum absolute atomic E-state index is 5.49. The van der Waals surface area contributed by atoms with Crippen LogP contribution in [0.1, 0.15) is 0 Å². The summed E-state index contributed by atoms with van der Waals surface area (Å²) in [5.41, 5.74) is 0. The van der Waals surface area contributed by atoms with Crippen molar-refractivity contribution in [1.29, 1.82) is 0 Å². The largest absolute Gasteiger partial charge is 0.449 e. The van der Waals surface area contributed by atoms with Crippen LogP contribution in [0, 0.1) is 0 Å². The van der Waals surface area contributed by atoms with Crippen LogP contribution < -0.4 is 4.74 Å². The molecule has 88 valence electrons. The topological polar surface area (TPSA) is 12.5 Å². The summed E-state index contributed by atoms with van der Waals surface area (Å²) >= 11 is 0. The van der Waals surface area contributed by atoms with Crippen molar-refractivity contribution < 1.29 is 4.74 Å². The summed E-state index contributed by atoms with van der Waals surface area (Å²) in [5, 5.41) is 7.66. The molecule has 1 heterocycles. The van der Waals surface area contributed by atoms with E-state index in [0.29, 0.717) is 0 Å². The van der Waals surface area contributed by atoms with Crippen molar-refractivity contribution in [2.45, 2.75) is 0 Å². The zero-order chi connectivity index (χ0) is 12.4. The Balaban J connectivity index is 2.04. The zero-order valence-electron chi connectivity index (χ0n) is 10.2. The summed E-state index contributed by atoms with van der Waals surface area (Å²) in [6, 6.07) is 21.6. The lowest BCUT2D eigenvalue weighted by Crippen LogP contribution is -1.78. The highest BCUT2D eigenvalue weighted by atomic mass is 16.6. The van der Waals surface area contributed by atoms with E-state index in [1.165, 1.54) is 32.3 Å². The third kappa shape index (κ3) is 1.19. The predicted octanol–water partition coefficient (Wildman–Crippen LogP) is 5.25. The molecule has 0 N–H and O–H groups in total. The Labute approximate surface area is 110 Å². The molecule has 1 heteroatoms. The van der Waals surface area contributed by atoms with Gasteiger partial charge in [0.1, 0.15) is 0 Å². The minimum Gasteiger partial charge on any atom is -0.449 e. The zero-order valence-corrected chi connectivity index (χ0v) is 10.2. The Hall–Kier alpha value is -2.54. The van der Waals surface area contributed by atoms with Crippen molar-refractivity contribution in [3.05, 3.63) is 60.7 Å². The molecule has 4 aromatic rings. The van der Waals surface area contributed by atoms with Gasteiger partial charge in [0.2, 0.25) is 0 Å². The summed E-state index contributed by atoms with van der Waals surface area (Å²) in [6.45, 7) is 0. The van der Waals surface area contributed by atoms with Gasteiger partial charge in [-0.05, 0) is 45.1 Å². The fourth-order valence-electron chi connectivity index (χ4n) is 2.95. The average molecular weight is 242 g/mol. The second-order valence-corrected chi connectivity index (χ2v) is 5.08.